The van der Waals surface area contributed by atoms with Gasteiger partial charge in [-0.2, -0.15) is 5.10 Å². The Hall–Kier alpha value is -1.51. The molecule has 0 aliphatic carbocycles. The second kappa shape index (κ2) is 3.09. The van der Waals surface area contributed by atoms with Gasteiger partial charge in [0, 0.05) is 5.92 Å². The lowest BCUT2D eigenvalue weighted by molar-refractivity contribution is 0.773. The summed E-state index contributed by atoms with van der Waals surface area (Å²) in [5, 5.41) is 6.21. The highest BCUT2D eigenvalue weighted by atomic mass is 15.5. The summed E-state index contributed by atoms with van der Waals surface area (Å²) in [5.41, 5.74) is 6.82. The largest absolute Gasteiger partial charge is 0.385 e. The van der Waals surface area contributed by atoms with E-state index in [1.54, 1.807) is 0 Å². The average molecular weight is 175 g/mol. The summed E-state index contributed by atoms with van der Waals surface area (Å²) in [5.74, 6) is 1.09. The molecule has 0 saturated heterocycles. The number of nitrogens with zero attached hydrogens (tertiary/aromatic N) is 2. The molecule has 1 aromatic rings. The van der Waals surface area contributed by atoms with E-state index in [2.05, 4.69) is 12.0 Å². The molecule has 0 amide bonds. The van der Waals surface area contributed by atoms with Crippen molar-refractivity contribution in [3.05, 3.63) is 30.3 Å². The first-order valence-corrected chi connectivity index (χ1v) is 4.44. The van der Waals surface area contributed by atoms with Crippen LogP contribution in [-0.4, -0.2) is 12.4 Å². The molecular weight excluding hydrogens is 162 g/mol. The van der Waals surface area contributed by atoms with E-state index in [1.165, 1.54) is 0 Å². The van der Waals surface area contributed by atoms with Gasteiger partial charge >= 0.3 is 0 Å². The van der Waals surface area contributed by atoms with Gasteiger partial charge in [0.25, 0.3) is 0 Å². The van der Waals surface area contributed by atoms with Crippen LogP contribution in [0.3, 0.4) is 0 Å². The smallest absolute Gasteiger partial charge is 0.124 e. The van der Waals surface area contributed by atoms with E-state index < -0.39 is 0 Å². The Kier molecular flexibility index (Phi) is 1.93. The Labute approximate surface area is 77.9 Å². The molecule has 0 aromatic heterocycles. The SMILES string of the molecule is C[C@@H]1CN(c2ccccc2)N=C1N. The number of nitrogens with two attached hydrogens (primary N) is 1. The summed E-state index contributed by atoms with van der Waals surface area (Å²) in [7, 11) is 0. The third kappa shape index (κ3) is 1.49. The van der Waals surface area contributed by atoms with Crippen molar-refractivity contribution < 1.29 is 0 Å². The van der Waals surface area contributed by atoms with Gasteiger partial charge in [0.15, 0.2) is 0 Å². The van der Waals surface area contributed by atoms with Crippen molar-refractivity contribution in [3.63, 3.8) is 0 Å². The second-order valence-electron chi connectivity index (χ2n) is 3.34. The third-order valence-electron chi connectivity index (χ3n) is 2.24. The van der Waals surface area contributed by atoms with Crippen LogP contribution in [0.15, 0.2) is 35.4 Å². The number of para-hydroxylation sites is 1. The van der Waals surface area contributed by atoms with E-state index >= 15 is 0 Å². The van der Waals surface area contributed by atoms with Crippen LogP contribution in [0.2, 0.25) is 0 Å². The quantitative estimate of drug-likeness (QED) is 0.701. The molecule has 0 unspecified atom stereocenters. The van der Waals surface area contributed by atoms with Crippen LogP contribution in [0.4, 0.5) is 5.69 Å². The highest BCUT2D eigenvalue weighted by Gasteiger charge is 2.20. The molecule has 2 rings (SSSR count). The number of anilines is 1. The monoisotopic (exact) mass is 175 g/mol. The predicted molar refractivity (Wildman–Crippen MR) is 54.6 cm³/mol. The molecule has 0 saturated carbocycles. The van der Waals surface area contributed by atoms with Crippen LogP contribution < -0.4 is 10.7 Å². The normalized spacial score (nSPS) is 21.8. The molecule has 0 spiro atoms. The molecule has 68 valence electrons. The molecule has 3 nitrogen and oxygen atoms in total. The van der Waals surface area contributed by atoms with Crippen molar-refractivity contribution in [2.45, 2.75) is 6.92 Å². The van der Waals surface area contributed by atoms with Crippen LogP contribution in [0.5, 0.6) is 0 Å². The standard InChI is InChI=1S/C10H13N3/c1-8-7-13(12-10(8)11)9-5-3-2-4-6-9/h2-6,8H,7H2,1H3,(H2,11,12)/t8-/m1/s1. The number of benzene rings is 1. The highest BCUT2D eigenvalue weighted by molar-refractivity contribution is 5.86. The molecule has 13 heavy (non-hydrogen) atoms. The Bertz CT molecular complexity index is 318. The maximum atomic E-state index is 5.71. The number of hydrogen-bond acceptors (Lipinski definition) is 3. The van der Waals surface area contributed by atoms with Gasteiger partial charge in [0.2, 0.25) is 0 Å². The zero-order chi connectivity index (χ0) is 9.26. The Balaban J connectivity index is 2.22. The fraction of sp³-hybridized carbons (Fsp3) is 0.300. The summed E-state index contributed by atoms with van der Waals surface area (Å²) in [4.78, 5) is 0. The molecule has 0 fully saturated rings. The summed E-state index contributed by atoms with van der Waals surface area (Å²) in [6.45, 7) is 2.97. The highest BCUT2D eigenvalue weighted by Crippen LogP contribution is 2.19. The Morgan fingerprint density at radius 2 is 2.08 bits per heavy atom. The maximum Gasteiger partial charge on any atom is 0.124 e. The van der Waals surface area contributed by atoms with Gasteiger partial charge < -0.3 is 5.73 Å². The van der Waals surface area contributed by atoms with E-state index in [0.29, 0.717) is 5.92 Å². The fourth-order valence-electron chi connectivity index (χ4n) is 1.39. The first-order valence-electron chi connectivity index (χ1n) is 4.44. The van der Waals surface area contributed by atoms with Gasteiger partial charge in [-0.15, -0.1) is 0 Å². The van der Waals surface area contributed by atoms with Crippen molar-refractivity contribution in [1.82, 2.24) is 0 Å². The van der Waals surface area contributed by atoms with Gasteiger partial charge in [0.05, 0.1) is 12.2 Å². The number of hydrogen-bond donors (Lipinski definition) is 1. The maximum absolute atomic E-state index is 5.71. The minimum atomic E-state index is 0.361. The van der Waals surface area contributed by atoms with E-state index in [0.717, 1.165) is 18.1 Å². The van der Waals surface area contributed by atoms with Crippen molar-refractivity contribution in [2.75, 3.05) is 11.6 Å². The number of hydrazone groups is 1. The van der Waals surface area contributed by atoms with E-state index in [4.69, 9.17) is 5.73 Å². The van der Waals surface area contributed by atoms with Crippen molar-refractivity contribution in [1.29, 1.82) is 0 Å². The van der Waals surface area contributed by atoms with Crippen LogP contribution in [-0.2, 0) is 0 Å². The van der Waals surface area contributed by atoms with Crippen LogP contribution in [0, 0.1) is 5.92 Å². The van der Waals surface area contributed by atoms with Crippen LogP contribution in [0.1, 0.15) is 6.92 Å². The lowest BCUT2D eigenvalue weighted by Gasteiger charge is -2.13. The molecule has 2 N–H and O–H groups in total. The Morgan fingerprint density at radius 1 is 1.38 bits per heavy atom. The minimum Gasteiger partial charge on any atom is -0.385 e. The zero-order valence-electron chi connectivity index (χ0n) is 7.64. The molecule has 3 heteroatoms. The third-order valence-corrected chi connectivity index (χ3v) is 2.24. The van der Waals surface area contributed by atoms with Gasteiger partial charge in [-0.1, -0.05) is 25.1 Å². The summed E-state index contributed by atoms with van der Waals surface area (Å²) in [6.07, 6.45) is 0. The number of amidine groups is 1. The van der Waals surface area contributed by atoms with Crippen LogP contribution in [0.25, 0.3) is 0 Å². The van der Waals surface area contributed by atoms with Crippen molar-refractivity contribution >= 4 is 11.5 Å². The molecule has 1 aromatic carbocycles. The zero-order valence-corrected chi connectivity index (χ0v) is 7.64. The lowest BCUT2D eigenvalue weighted by Crippen LogP contribution is -2.20. The minimum absolute atomic E-state index is 0.361. The van der Waals surface area contributed by atoms with Crippen molar-refractivity contribution in [3.8, 4) is 0 Å². The van der Waals surface area contributed by atoms with Gasteiger partial charge in [-0.3, -0.25) is 5.01 Å². The molecule has 1 heterocycles. The van der Waals surface area contributed by atoms with E-state index in [-0.39, 0.29) is 0 Å². The summed E-state index contributed by atoms with van der Waals surface area (Å²) < 4.78 is 0. The lowest BCUT2D eigenvalue weighted by atomic mass is 10.2. The molecule has 0 radical (unpaired) electrons. The molecule has 0 bridgehead atoms. The Morgan fingerprint density at radius 3 is 2.62 bits per heavy atom. The molecule has 1 atom stereocenters. The van der Waals surface area contributed by atoms with Crippen LogP contribution >= 0.6 is 0 Å². The fourth-order valence-corrected chi connectivity index (χ4v) is 1.39. The van der Waals surface area contributed by atoms with E-state index in [9.17, 15) is 0 Å². The molecule has 1 aliphatic heterocycles. The average Bonchev–Trinajstić information content (AvgIpc) is 2.49. The summed E-state index contributed by atoms with van der Waals surface area (Å²) >= 11 is 0. The summed E-state index contributed by atoms with van der Waals surface area (Å²) in [6, 6.07) is 10.1. The second-order valence-corrected chi connectivity index (χ2v) is 3.34. The van der Waals surface area contributed by atoms with E-state index in [1.807, 2.05) is 35.3 Å². The molecular formula is C10H13N3. The first kappa shape index (κ1) is 8.10. The van der Waals surface area contributed by atoms with Gasteiger partial charge in [0.1, 0.15) is 5.84 Å². The van der Waals surface area contributed by atoms with Gasteiger partial charge in [-0.25, -0.2) is 0 Å². The molecule has 1 aliphatic rings. The first-order chi connectivity index (χ1) is 6.27. The number of rotatable bonds is 1. The van der Waals surface area contributed by atoms with Crippen molar-refractivity contribution in [2.24, 2.45) is 16.8 Å². The predicted octanol–water partition coefficient (Wildman–Crippen LogP) is 1.41. The topological polar surface area (TPSA) is 41.6 Å². The van der Waals surface area contributed by atoms with Gasteiger partial charge in [-0.05, 0) is 12.1 Å².